The zero-order chi connectivity index (χ0) is 22.6. The number of hydrogen-bond acceptors (Lipinski definition) is 6. The van der Waals surface area contributed by atoms with Crippen LogP contribution < -0.4 is 20.8 Å². The van der Waals surface area contributed by atoms with Gasteiger partial charge in [-0.15, -0.1) is 0 Å². The van der Waals surface area contributed by atoms with Crippen molar-refractivity contribution in [3.05, 3.63) is 63.7 Å². The van der Waals surface area contributed by atoms with Gasteiger partial charge in [-0.25, -0.2) is 14.2 Å². The molecule has 166 valence electrons. The van der Waals surface area contributed by atoms with Crippen LogP contribution in [0.5, 0.6) is 5.75 Å². The van der Waals surface area contributed by atoms with Crippen LogP contribution in [0.2, 0.25) is 0 Å². The van der Waals surface area contributed by atoms with E-state index < -0.39 is 17.2 Å². The number of fused-ring (bicyclic) bond motifs is 1. The number of carboxylic acids is 1. The van der Waals surface area contributed by atoms with E-state index in [0.29, 0.717) is 18.7 Å². The van der Waals surface area contributed by atoms with Gasteiger partial charge in [0.2, 0.25) is 5.43 Å². The number of halogens is 1. The lowest BCUT2D eigenvalue weighted by Crippen LogP contribution is -2.29. The number of aromatic carboxylic acids is 1. The van der Waals surface area contributed by atoms with Crippen LogP contribution in [0.4, 0.5) is 10.2 Å². The number of nitrogens with zero attached hydrogens (tertiary/aromatic N) is 3. The number of nitrogens with two attached hydrogens (primary N) is 1. The number of aromatic nitrogens is 2. The Labute approximate surface area is 183 Å². The minimum atomic E-state index is -1.33. The third kappa shape index (κ3) is 3.29. The molecule has 9 heteroatoms. The molecule has 3 N–H and O–H groups in total. The van der Waals surface area contributed by atoms with Gasteiger partial charge in [-0.3, -0.25) is 4.79 Å². The summed E-state index contributed by atoms with van der Waals surface area (Å²) in [6.45, 7) is 0.830. The van der Waals surface area contributed by atoms with Crippen molar-refractivity contribution >= 4 is 22.8 Å². The third-order valence-electron chi connectivity index (χ3n) is 6.31. The predicted octanol–water partition coefficient (Wildman–Crippen LogP) is 2.51. The summed E-state index contributed by atoms with van der Waals surface area (Å²) < 4.78 is 22.3. The number of methoxy groups -OCH3 is 1. The molecular formula is C23H23FN4O4. The van der Waals surface area contributed by atoms with E-state index in [9.17, 15) is 14.7 Å². The Hall–Kier alpha value is -3.46. The van der Waals surface area contributed by atoms with Crippen molar-refractivity contribution in [1.29, 1.82) is 0 Å². The fraction of sp³-hybridized carbons (Fsp3) is 0.348. The zero-order valence-corrected chi connectivity index (χ0v) is 17.5. The first kappa shape index (κ1) is 20.4. The second kappa shape index (κ2) is 7.59. The first-order valence-electron chi connectivity index (χ1n) is 10.5. The van der Waals surface area contributed by atoms with Crippen molar-refractivity contribution in [2.75, 3.05) is 25.1 Å². The topological polar surface area (TPSA) is 111 Å². The molecule has 0 radical (unpaired) electrons. The Kier molecular flexibility index (Phi) is 4.85. The molecule has 0 amide bonds. The lowest BCUT2D eigenvalue weighted by molar-refractivity contribution is 0.0695. The molecule has 2 aromatic heterocycles. The van der Waals surface area contributed by atoms with E-state index in [1.807, 2.05) is 24.3 Å². The first-order valence-corrected chi connectivity index (χ1v) is 10.5. The van der Waals surface area contributed by atoms with Crippen molar-refractivity contribution in [3.8, 4) is 5.75 Å². The second-order valence-corrected chi connectivity index (χ2v) is 8.40. The maximum absolute atomic E-state index is 15.2. The number of rotatable bonds is 5. The van der Waals surface area contributed by atoms with Crippen molar-refractivity contribution < 1.29 is 19.0 Å². The average Bonchev–Trinajstić information content (AvgIpc) is 3.55. The number of ether oxygens (including phenoxy) is 1. The number of hydrogen-bond donors (Lipinski definition) is 2. The second-order valence-electron chi connectivity index (χ2n) is 8.40. The van der Waals surface area contributed by atoms with E-state index in [2.05, 4.69) is 4.98 Å². The Bertz CT molecular complexity index is 1290. The molecule has 0 spiro atoms. The monoisotopic (exact) mass is 438 g/mol. The highest BCUT2D eigenvalue weighted by atomic mass is 19.1. The van der Waals surface area contributed by atoms with Crippen molar-refractivity contribution in [2.45, 2.75) is 30.8 Å². The summed E-state index contributed by atoms with van der Waals surface area (Å²) in [7, 11) is 1.60. The predicted molar refractivity (Wildman–Crippen MR) is 117 cm³/mol. The quantitative estimate of drug-likeness (QED) is 0.630. The van der Waals surface area contributed by atoms with Crippen LogP contribution in [-0.2, 0) is 0 Å². The van der Waals surface area contributed by atoms with Gasteiger partial charge in [0.15, 0.2) is 11.6 Å². The fourth-order valence-corrected chi connectivity index (χ4v) is 4.55. The van der Waals surface area contributed by atoms with Gasteiger partial charge in [-0.1, -0.05) is 18.2 Å². The molecule has 2 fully saturated rings. The maximum Gasteiger partial charge on any atom is 0.341 e. The van der Waals surface area contributed by atoms with E-state index in [-0.39, 0.29) is 34.8 Å². The van der Waals surface area contributed by atoms with Gasteiger partial charge in [0.05, 0.1) is 12.5 Å². The summed E-state index contributed by atoms with van der Waals surface area (Å²) in [5, 5.41) is 9.37. The summed E-state index contributed by atoms with van der Waals surface area (Å²) in [6.07, 6.45) is 3.04. The molecule has 3 aromatic rings. The molecular weight excluding hydrogens is 415 g/mol. The normalized spacial score (nSPS) is 20.7. The van der Waals surface area contributed by atoms with Gasteiger partial charge in [-0.05, 0) is 25.0 Å². The Morgan fingerprint density at radius 2 is 2.03 bits per heavy atom. The highest BCUT2D eigenvalue weighted by molar-refractivity contribution is 5.92. The van der Waals surface area contributed by atoms with Crippen LogP contribution in [0.3, 0.4) is 0 Å². The maximum atomic E-state index is 15.2. The van der Waals surface area contributed by atoms with E-state index in [1.165, 1.54) is 6.20 Å². The van der Waals surface area contributed by atoms with Gasteiger partial charge in [-0.2, -0.15) is 0 Å². The van der Waals surface area contributed by atoms with Crippen molar-refractivity contribution in [1.82, 2.24) is 9.55 Å². The fourth-order valence-electron chi connectivity index (χ4n) is 4.55. The largest absolute Gasteiger partial charge is 0.496 e. The lowest BCUT2D eigenvalue weighted by Gasteiger charge is -2.20. The van der Waals surface area contributed by atoms with Crippen LogP contribution in [0.15, 0.2) is 41.3 Å². The number of carboxylic acid groups (broad SMARTS) is 1. The van der Waals surface area contributed by atoms with E-state index in [1.54, 1.807) is 16.6 Å². The number of carbonyl (C=O) groups is 1. The van der Waals surface area contributed by atoms with Crippen LogP contribution in [0, 0.1) is 5.82 Å². The molecule has 1 aromatic carbocycles. The molecule has 2 atom stereocenters. The van der Waals surface area contributed by atoms with Crippen molar-refractivity contribution in [3.63, 3.8) is 0 Å². The molecule has 1 aliphatic heterocycles. The highest BCUT2D eigenvalue weighted by Gasteiger charge is 2.36. The van der Waals surface area contributed by atoms with Gasteiger partial charge in [0.25, 0.3) is 0 Å². The van der Waals surface area contributed by atoms with Crippen LogP contribution in [0.1, 0.15) is 40.7 Å². The summed E-state index contributed by atoms with van der Waals surface area (Å²) in [6, 6.07) is 8.52. The molecule has 3 heterocycles. The molecule has 0 unspecified atom stereocenters. The van der Waals surface area contributed by atoms with Gasteiger partial charge in [0.1, 0.15) is 17.0 Å². The number of para-hydroxylation sites is 1. The Balaban J connectivity index is 1.59. The van der Waals surface area contributed by atoms with Gasteiger partial charge >= 0.3 is 5.97 Å². The minimum absolute atomic E-state index is 0.0252. The number of benzene rings is 1. The molecule has 1 saturated carbocycles. The summed E-state index contributed by atoms with van der Waals surface area (Å²) in [4.78, 5) is 30.5. The SMILES string of the molecule is COc1ccccc1[C@@H]1CN(c2nc3c(cc2F)c(=O)c(C(=O)O)cn3C2CC2)C[C@H]1N. The van der Waals surface area contributed by atoms with E-state index >= 15 is 4.39 Å². The van der Waals surface area contributed by atoms with Crippen LogP contribution in [0.25, 0.3) is 11.0 Å². The molecule has 5 rings (SSSR count). The Morgan fingerprint density at radius 3 is 2.72 bits per heavy atom. The summed E-state index contributed by atoms with van der Waals surface area (Å²) in [5.41, 5.74) is 6.57. The smallest absolute Gasteiger partial charge is 0.341 e. The van der Waals surface area contributed by atoms with E-state index in [0.717, 1.165) is 30.2 Å². The summed E-state index contributed by atoms with van der Waals surface area (Å²) >= 11 is 0. The lowest BCUT2D eigenvalue weighted by atomic mass is 9.94. The number of anilines is 1. The van der Waals surface area contributed by atoms with Crippen LogP contribution in [-0.4, -0.2) is 46.9 Å². The van der Waals surface area contributed by atoms with Crippen LogP contribution >= 0.6 is 0 Å². The minimum Gasteiger partial charge on any atom is -0.496 e. The number of pyridine rings is 2. The molecule has 0 bridgehead atoms. The molecule has 2 aliphatic rings. The zero-order valence-electron chi connectivity index (χ0n) is 17.5. The molecule has 32 heavy (non-hydrogen) atoms. The molecule has 1 saturated heterocycles. The third-order valence-corrected chi connectivity index (χ3v) is 6.31. The Morgan fingerprint density at radius 1 is 1.28 bits per heavy atom. The highest BCUT2D eigenvalue weighted by Crippen LogP contribution is 2.38. The van der Waals surface area contributed by atoms with E-state index in [4.69, 9.17) is 10.5 Å². The first-order chi connectivity index (χ1) is 15.4. The van der Waals surface area contributed by atoms with Gasteiger partial charge < -0.3 is 25.0 Å². The standard InChI is InChI=1S/C23H23FN4O4/c1-32-19-5-3-2-4-13(19)15-9-27(11-18(15)25)22-17(24)8-14-20(29)16(23(30)31)10-28(12-6-7-12)21(14)26-22/h2-5,8,10,12,15,18H,6-7,9,11,25H2,1H3,(H,30,31)/t15-,18+/m0/s1. The average molecular weight is 438 g/mol. The molecule has 1 aliphatic carbocycles. The molecule has 8 nitrogen and oxygen atoms in total. The van der Waals surface area contributed by atoms with Gasteiger partial charge in [0, 0.05) is 42.9 Å². The van der Waals surface area contributed by atoms with Crippen molar-refractivity contribution in [2.24, 2.45) is 5.73 Å². The summed E-state index contributed by atoms with van der Waals surface area (Å²) in [5.74, 6) is -1.25.